The van der Waals surface area contributed by atoms with E-state index in [1.54, 1.807) is 6.07 Å². The van der Waals surface area contributed by atoms with Crippen molar-refractivity contribution in [2.75, 3.05) is 4.90 Å². The van der Waals surface area contributed by atoms with Crippen molar-refractivity contribution in [2.24, 2.45) is 23.7 Å². The molecule has 1 aromatic rings. The average molecular weight is 290 g/mol. The predicted molar refractivity (Wildman–Crippen MR) is 73.3 cm³/mol. The van der Waals surface area contributed by atoms with E-state index in [0.29, 0.717) is 5.02 Å². The second kappa shape index (κ2) is 3.85. The van der Waals surface area contributed by atoms with Crippen molar-refractivity contribution in [3.05, 3.63) is 35.4 Å². The maximum Gasteiger partial charge on any atom is 0.238 e. The summed E-state index contributed by atoms with van der Waals surface area (Å²) in [5.41, 5.74) is 0.234. The minimum absolute atomic E-state index is 0.139. The second-order valence-corrected chi connectivity index (χ2v) is 6.08. The van der Waals surface area contributed by atoms with Crippen LogP contribution in [-0.2, 0) is 9.59 Å². The summed E-state index contributed by atoms with van der Waals surface area (Å²) in [7, 11) is 0. The fourth-order valence-corrected chi connectivity index (χ4v) is 3.99. The van der Waals surface area contributed by atoms with Gasteiger partial charge in [0.2, 0.25) is 11.8 Å². The van der Waals surface area contributed by atoms with E-state index in [9.17, 15) is 14.7 Å². The molecule has 2 fully saturated rings. The number of fused-ring (bicyclic) bond motifs is 5. The van der Waals surface area contributed by atoms with E-state index in [1.165, 1.54) is 12.1 Å². The molecule has 2 amide bonds. The number of aromatic hydroxyl groups is 1. The lowest BCUT2D eigenvalue weighted by Crippen LogP contribution is -2.32. The maximum absolute atomic E-state index is 12.6. The summed E-state index contributed by atoms with van der Waals surface area (Å²) < 4.78 is 0. The summed E-state index contributed by atoms with van der Waals surface area (Å²) in [6, 6.07) is 4.43. The van der Waals surface area contributed by atoms with Crippen LogP contribution in [0, 0.1) is 23.7 Å². The van der Waals surface area contributed by atoms with Crippen LogP contribution in [0.5, 0.6) is 5.75 Å². The average Bonchev–Trinajstić information content (AvgIpc) is 3.06. The van der Waals surface area contributed by atoms with Gasteiger partial charge >= 0.3 is 0 Å². The molecule has 0 radical (unpaired) electrons. The fraction of sp³-hybridized carbons (Fsp3) is 0.333. The molecule has 1 aromatic carbocycles. The Morgan fingerprint density at radius 2 is 1.70 bits per heavy atom. The van der Waals surface area contributed by atoms with Gasteiger partial charge in [0.05, 0.1) is 17.5 Å². The summed E-state index contributed by atoms with van der Waals surface area (Å²) in [4.78, 5) is 26.2. The van der Waals surface area contributed by atoms with Crippen LogP contribution in [0.3, 0.4) is 0 Å². The molecular formula is C15H12ClNO3. The van der Waals surface area contributed by atoms with Crippen LogP contribution in [-0.4, -0.2) is 16.9 Å². The van der Waals surface area contributed by atoms with Crippen molar-refractivity contribution in [3.8, 4) is 5.75 Å². The highest BCUT2D eigenvalue weighted by Gasteiger charge is 2.59. The number of rotatable bonds is 1. The van der Waals surface area contributed by atoms with Crippen LogP contribution in [0.25, 0.3) is 0 Å². The zero-order valence-corrected chi connectivity index (χ0v) is 11.2. The monoisotopic (exact) mass is 289 g/mol. The molecule has 102 valence electrons. The van der Waals surface area contributed by atoms with Gasteiger partial charge in [-0.3, -0.25) is 9.59 Å². The third kappa shape index (κ3) is 1.37. The summed E-state index contributed by atoms with van der Waals surface area (Å²) >= 11 is 5.79. The first kappa shape index (κ1) is 12.0. The van der Waals surface area contributed by atoms with Crippen LogP contribution in [0.1, 0.15) is 6.42 Å². The van der Waals surface area contributed by atoms with Crippen molar-refractivity contribution in [1.29, 1.82) is 0 Å². The number of phenols is 1. The molecule has 1 saturated heterocycles. The van der Waals surface area contributed by atoms with Gasteiger partial charge in [-0.05, 0) is 30.4 Å². The number of carbonyl (C=O) groups is 2. The Balaban J connectivity index is 1.78. The van der Waals surface area contributed by atoms with Crippen molar-refractivity contribution < 1.29 is 14.7 Å². The van der Waals surface area contributed by atoms with Crippen molar-refractivity contribution in [3.63, 3.8) is 0 Å². The van der Waals surface area contributed by atoms with Gasteiger partial charge in [0.15, 0.2) is 0 Å². The minimum atomic E-state index is -0.257. The highest BCUT2D eigenvalue weighted by atomic mass is 35.5. The number of hydrogen-bond acceptors (Lipinski definition) is 3. The first-order valence-electron chi connectivity index (χ1n) is 6.62. The molecule has 1 aliphatic heterocycles. The summed E-state index contributed by atoms with van der Waals surface area (Å²) in [5, 5.41) is 10.3. The fourth-order valence-electron chi connectivity index (χ4n) is 3.83. The van der Waals surface area contributed by atoms with Gasteiger partial charge in [0.25, 0.3) is 0 Å². The molecule has 2 bridgehead atoms. The van der Waals surface area contributed by atoms with Gasteiger partial charge in [0, 0.05) is 11.1 Å². The molecule has 0 spiro atoms. The number of imide groups is 1. The van der Waals surface area contributed by atoms with Gasteiger partial charge < -0.3 is 5.11 Å². The highest BCUT2D eigenvalue weighted by molar-refractivity contribution is 6.31. The number of benzene rings is 1. The molecular weight excluding hydrogens is 278 g/mol. The SMILES string of the molecule is O=C1[C@@H]2[C@H](C(=O)N1c1ccc(Cl)cc1O)[C@@H]1C=C[C@H]2C1. The van der Waals surface area contributed by atoms with Gasteiger partial charge in [-0.25, -0.2) is 4.90 Å². The Morgan fingerprint density at radius 3 is 2.25 bits per heavy atom. The standard InChI is InChI=1S/C15H12ClNO3/c16-9-3-4-10(11(18)6-9)17-14(19)12-7-1-2-8(5-7)13(12)15(17)20/h1-4,6-8,12-13,18H,5H2/t7-,8+,12-,13+. The number of allylic oxidation sites excluding steroid dienone is 2. The lowest BCUT2D eigenvalue weighted by Gasteiger charge is -2.18. The Morgan fingerprint density at radius 1 is 1.10 bits per heavy atom. The zero-order valence-electron chi connectivity index (χ0n) is 10.5. The Labute approximate surface area is 120 Å². The largest absolute Gasteiger partial charge is 0.506 e. The van der Waals surface area contributed by atoms with E-state index in [2.05, 4.69) is 0 Å². The van der Waals surface area contributed by atoms with Crippen molar-refractivity contribution >= 4 is 29.1 Å². The topological polar surface area (TPSA) is 57.6 Å². The quantitative estimate of drug-likeness (QED) is 0.638. The number of anilines is 1. The third-order valence-corrected chi connectivity index (χ3v) is 4.88. The molecule has 4 rings (SSSR count). The molecule has 2 aliphatic carbocycles. The van der Waals surface area contributed by atoms with Crippen molar-refractivity contribution in [2.45, 2.75) is 6.42 Å². The van der Waals surface area contributed by atoms with E-state index in [1.807, 2.05) is 12.2 Å². The minimum Gasteiger partial charge on any atom is -0.506 e. The first-order valence-corrected chi connectivity index (χ1v) is 7.00. The number of amides is 2. The Bertz CT molecular complexity index is 639. The second-order valence-electron chi connectivity index (χ2n) is 5.64. The molecule has 0 unspecified atom stereocenters. The van der Waals surface area contributed by atoms with E-state index >= 15 is 0 Å². The van der Waals surface area contributed by atoms with Crippen LogP contribution >= 0.6 is 11.6 Å². The summed E-state index contributed by atoms with van der Waals surface area (Å²) in [6.45, 7) is 0. The number of nitrogens with zero attached hydrogens (tertiary/aromatic N) is 1. The van der Waals surface area contributed by atoms with Gasteiger partial charge in [-0.2, -0.15) is 0 Å². The van der Waals surface area contributed by atoms with E-state index in [4.69, 9.17) is 11.6 Å². The number of phenolic OH excluding ortho intramolecular Hbond substituents is 1. The molecule has 5 heteroatoms. The summed E-state index contributed by atoms with van der Waals surface area (Å²) in [5.74, 6) is -0.717. The molecule has 3 aliphatic rings. The van der Waals surface area contributed by atoms with Gasteiger partial charge in [0.1, 0.15) is 5.75 Å². The van der Waals surface area contributed by atoms with Gasteiger partial charge in [-0.15, -0.1) is 0 Å². The van der Waals surface area contributed by atoms with E-state index < -0.39 is 0 Å². The van der Waals surface area contributed by atoms with Crippen LogP contribution < -0.4 is 4.90 Å². The predicted octanol–water partition coefficient (Wildman–Crippen LogP) is 2.36. The lowest BCUT2D eigenvalue weighted by molar-refractivity contribution is -0.123. The van der Waals surface area contributed by atoms with Crippen molar-refractivity contribution in [1.82, 2.24) is 0 Å². The molecule has 4 nitrogen and oxygen atoms in total. The molecule has 20 heavy (non-hydrogen) atoms. The highest BCUT2D eigenvalue weighted by Crippen LogP contribution is 2.53. The van der Waals surface area contributed by atoms with E-state index in [-0.39, 0.29) is 46.9 Å². The Kier molecular flexibility index (Phi) is 2.31. The summed E-state index contributed by atoms with van der Waals surface area (Å²) in [6.07, 6.45) is 4.98. The normalized spacial score (nSPS) is 34.1. The van der Waals surface area contributed by atoms with Gasteiger partial charge in [-0.1, -0.05) is 23.8 Å². The first-order chi connectivity index (χ1) is 9.58. The number of hydrogen-bond donors (Lipinski definition) is 1. The molecule has 1 saturated carbocycles. The van der Waals surface area contributed by atoms with Crippen LogP contribution in [0.2, 0.25) is 5.02 Å². The number of carbonyl (C=O) groups excluding carboxylic acids is 2. The molecule has 0 aromatic heterocycles. The van der Waals surface area contributed by atoms with Crippen LogP contribution in [0.15, 0.2) is 30.4 Å². The smallest absolute Gasteiger partial charge is 0.238 e. The molecule has 1 N–H and O–H groups in total. The number of halogens is 1. The molecule has 4 atom stereocenters. The Hall–Kier alpha value is -1.81. The lowest BCUT2D eigenvalue weighted by atomic mass is 9.85. The zero-order chi connectivity index (χ0) is 14.0. The third-order valence-electron chi connectivity index (χ3n) is 4.65. The molecule has 1 heterocycles. The van der Waals surface area contributed by atoms with Crippen LogP contribution in [0.4, 0.5) is 5.69 Å². The van der Waals surface area contributed by atoms with E-state index in [0.717, 1.165) is 11.3 Å². The maximum atomic E-state index is 12.6.